The molecule has 0 spiro atoms. The van der Waals surface area contributed by atoms with Gasteiger partial charge in [0.15, 0.2) is 0 Å². The zero-order chi connectivity index (χ0) is 10.1. The van der Waals surface area contributed by atoms with Crippen molar-refractivity contribution < 1.29 is 13.5 Å². The van der Waals surface area contributed by atoms with Gasteiger partial charge in [-0.05, 0) is 20.3 Å². The van der Waals surface area contributed by atoms with E-state index in [-0.39, 0.29) is 6.10 Å². The summed E-state index contributed by atoms with van der Waals surface area (Å²) in [5, 5.41) is 0. The Hall–Kier alpha value is -0.700. The fourth-order valence-corrected chi connectivity index (χ4v) is 0.765. The molecule has 0 aromatic heterocycles. The topological polar surface area (TPSA) is 9.23 Å². The zero-order valence-corrected chi connectivity index (χ0v) is 8.04. The van der Waals surface area contributed by atoms with Crippen LogP contribution in [0.25, 0.3) is 0 Å². The third-order valence-electron chi connectivity index (χ3n) is 1.41. The lowest BCUT2D eigenvalue weighted by Crippen LogP contribution is -2.12. The second-order valence-electron chi connectivity index (χ2n) is 2.72. The molecule has 0 aromatic carbocycles. The molecule has 13 heavy (non-hydrogen) atoms. The largest absolute Gasteiger partial charge is 0.372 e. The van der Waals surface area contributed by atoms with Crippen molar-refractivity contribution in [2.24, 2.45) is 0 Å². The van der Waals surface area contributed by atoms with Gasteiger partial charge >= 0.3 is 0 Å². The van der Waals surface area contributed by atoms with Gasteiger partial charge in [-0.1, -0.05) is 24.3 Å². The van der Waals surface area contributed by atoms with Crippen LogP contribution in [0.1, 0.15) is 20.3 Å². The number of alkyl halides is 2. The molecule has 3 heteroatoms. The molecule has 1 nitrogen and oxygen atoms in total. The van der Waals surface area contributed by atoms with Crippen molar-refractivity contribution >= 4 is 0 Å². The summed E-state index contributed by atoms with van der Waals surface area (Å²) >= 11 is 0. The van der Waals surface area contributed by atoms with Gasteiger partial charge in [-0.25, -0.2) is 8.78 Å². The maximum atomic E-state index is 11.7. The number of ether oxygens (including phenoxy) is 1. The molecular weight excluding hydrogens is 174 g/mol. The molecule has 0 radical (unpaired) electrons. The van der Waals surface area contributed by atoms with Crippen molar-refractivity contribution in [3.05, 3.63) is 24.3 Å². The Morgan fingerprint density at radius 3 is 2.54 bits per heavy atom. The van der Waals surface area contributed by atoms with Crippen molar-refractivity contribution in [1.82, 2.24) is 0 Å². The molecule has 0 heterocycles. The van der Waals surface area contributed by atoms with Crippen LogP contribution >= 0.6 is 0 Å². The van der Waals surface area contributed by atoms with E-state index in [0.717, 1.165) is 0 Å². The van der Waals surface area contributed by atoms with Crippen molar-refractivity contribution in [2.75, 3.05) is 6.61 Å². The highest BCUT2D eigenvalue weighted by Crippen LogP contribution is 2.02. The van der Waals surface area contributed by atoms with Crippen LogP contribution < -0.4 is 0 Å². The molecule has 0 N–H and O–H groups in total. The van der Waals surface area contributed by atoms with Crippen LogP contribution in [-0.4, -0.2) is 19.1 Å². The summed E-state index contributed by atoms with van der Waals surface area (Å²) in [7, 11) is 0. The first-order valence-electron chi connectivity index (χ1n) is 4.34. The van der Waals surface area contributed by atoms with E-state index in [0.29, 0.717) is 6.42 Å². The van der Waals surface area contributed by atoms with Gasteiger partial charge in [0, 0.05) is 0 Å². The highest BCUT2D eigenvalue weighted by Gasteiger charge is 2.05. The third-order valence-corrected chi connectivity index (χ3v) is 1.41. The van der Waals surface area contributed by atoms with Crippen molar-refractivity contribution in [3.63, 3.8) is 0 Å². The zero-order valence-electron chi connectivity index (χ0n) is 8.04. The predicted octanol–water partition coefficient (Wildman–Crippen LogP) is 3.18. The lowest BCUT2D eigenvalue weighted by atomic mass is 10.2. The van der Waals surface area contributed by atoms with Gasteiger partial charge in [0.05, 0.1) is 6.10 Å². The number of rotatable bonds is 6. The summed E-state index contributed by atoms with van der Waals surface area (Å²) in [6.07, 6.45) is 5.72. The van der Waals surface area contributed by atoms with Crippen LogP contribution in [0.5, 0.6) is 0 Å². The van der Waals surface area contributed by atoms with E-state index >= 15 is 0 Å². The fourth-order valence-electron chi connectivity index (χ4n) is 0.765. The molecule has 0 aliphatic rings. The monoisotopic (exact) mass is 190 g/mol. The first kappa shape index (κ1) is 12.3. The molecular formula is C10H16F2O. The van der Waals surface area contributed by atoms with Gasteiger partial charge in [0.2, 0.25) is 0 Å². The third kappa shape index (κ3) is 9.21. The van der Waals surface area contributed by atoms with Gasteiger partial charge in [0.1, 0.15) is 6.61 Å². The number of halogens is 2. The first-order chi connectivity index (χ1) is 6.16. The van der Waals surface area contributed by atoms with Crippen LogP contribution in [0.2, 0.25) is 0 Å². The minimum atomic E-state index is -2.37. The normalized spacial score (nSPS) is 14.8. The molecule has 0 fully saturated rings. The molecule has 0 aromatic rings. The van der Waals surface area contributed by atoms with E-state index in [2.05, 4.69) is 0 Å². The van der Waals surface area contributed by atoms with Crippen molar-refractivity contribution in [2.45, 2.75) is 32.8 Å². The molecule has 0 aliphatic heterocycles. The van der Waals surface area contributed by atoms with E-state index in [1.165, 1.54) is 0 Å². The predicted molar refractivity (Wildman–Crippen MR) is 50.0 cm³/mol. The quantitative estimate of drug-likeness (QED) is 0.584. The van der Waals surface area contributed by atoms with Crippen LogP contribution in [0.4, 0.5) is 8.78 Å². The second kappa shape index (κ2) is 7.92. The lowest BCUT2D eigenvalue weighted by molar-refractivity contribution is -0.0158. The van der Waals surface area contributed by atoms with Crippen LogP contribution in [0, 0.1) is 0 Å². The first-order valence-corrected chi connectivity index (χ1v) is 4.34. The average molecular weight is 190 g/mol. The number of hydrogen-bond donors (Lipinski definition) is 0. The maximum Gasteiger partial charge on any atom is 0.261 e. The highest BCUT2D eigenvalue weighted by molar-refractivity contribution is 5.01. The molecule has 0 amide bonds. The maximum absolute atomic E-state index is 11.7. The minimum absolute atomic E-state index is 0.143. The Bertz CT molecular complexity index is 164. The standard InChI is InChI=1S/C10H16F2O/c1-3-4-5-6-7-9(2)13-8-10(11)12/h3-6,9-10H,7-8H2,1-2H3/b4-3-,6-5-. The van der Waals surface area contributed by atoms with Crippen molar-refractivity contribution in [3.8, 4) is 0 Å². The van der Waals surface area contributed by atoms with Crippen LogP contribution in [0.3, 0.4) is 0 Å². The Morgan fingerprint density at radius 1 is 1.31 bits per heavy atom. The van der Waals surface area contributed by atoms with Crippen molar-refractivity contribution in [1.29, 1.82) is 0 Å². The molecule has 0 saturated heterocycles. The Kier molecular flexibility index (Phi) is 7.50. The van der Waals surface area contributed by atoms with Gasteiger partial charge in [0.25, 0.3) is 6.43 Å². The van der Waals surface area contributed by atoms with Gasteiger partial charge in [-0.15, -0.1) is 0 Å². The highest BCUT2D eigenvalue weighted by atomic mass is 19.3. The average Bonchev–Trinajstić information content (AvgIpc) is 2.09. The number of allylic oxidation sites excluding steroid dienone is 3. The number of hydrogen-bond acceptors (Lipinski definition) is 1. The second-order valence-corrected chi connectivity index (χ2v) is 2.72. The Labute approximate surface area is 78.1 Å². The van der Waals surface area contributed by atoms with E-state index < -0.39 is 13.0 Å². The van der Waals surface area contributed by atoms with Gasteiger partial charge in [-0.2, -0.15) is 0 Å². The van der Waals surface area contributed by atoms with Crippen LogP contribution in [0.15, 0.2) is 24.3 Å². The minimum Gasteiger partial charge on any atom is -0.372 e. The molecule has 0 rings (SSSR count). The summed E-state index contributed by atoms with van der Waals surface area (Å²) in [5.41, 5.74) is 0. The molecule has 0 bridgehead atoms. The molecule has 1 atom stereocenters. The van der Waals surface area contributed by atoms with Gasteiger partial charge in [-0.3, -0.25) is 0 Å². The van der Waals surface area contributed by atoms with E-state index in [4.69, 9.17) is 4.74 Å². The van der Waals surface area contributed by atoms with E-state index in [1.54, 1.807) is 6.92 Å². The van der Waals surface area contributed by atoms with Gasteiger partial charge < -0.3 is 4.74 Å². The SMILES string of the molecule is C/C=C\C=C/CC(C)OCC(F)F. The summed E-state index contributed by atoms with van der Waals surface area (Å²) in [5.74, 6) is 0. The smallest absolute Gasteiger partial charge is 0.261 e. The summed E-state index contributed by atoms with van der Waals surface area (Å²) in [6.45, 7) is 3.22. The summed E-state index contributed by atoms with van der Waals surface area (Å²) < 4.78 is 28.2. The molecule has 0 saturated carbocycles. The Balaban J connectivity index is 3.45. The molecule has 1 unspecified atom stereocenters. The van der Waals surface area contributed by atoms with E-state index in [1.807, 2.05) is 31.2 Å². The fraction of sp³-hybridized carbons (Fsp3) is 0.600. The van der Waals surface area contributed by atoms with Crippen LogP contribution in [-0.2, 0) is 4.74 Å². The summed E-state index contributed by atoms with van der Waals surface area (Å²) in [6, 6.07) is 0. The summed E-state index contributed by atoms with van der Waals surface area (Å²) in [4.78, 5) is 0. The molecule has 76 valence electrons. The lowest BCUT2D eigenvalue weighted by Gasteiger charge is -2.09. The van der Waals surface area contributed by atoms with E-state index in [9.17, 15) is 8.78 Å². The molecule has 0 aliphatic carbocycles. The Morgan fingerprint density at radius 2 is 2.00 bits per heavy atom.